The zero-order chi connectivity index (χ0) is 20.0. The molecule has 3 heterocycles. The molecule has 2 N–H and O–H groups in total. The third kappa shape index (κ3) is 3.63. The summed E-state index contributed by atoms with van der Waals surface area (Å²) in [5.41, 5.74) is 0.375. The number of nitrogens with zero attached hydrogens (tertiary/aromatic N) is 5. The molecule has 0 aromatic carbocycles. The van der Waals surface area contributed by atoms with Crippen molar-refractivity contribution in [3.8, 4) is 0 Å². The minimum absolute atomic E-state index is 0.0486. The first-order valence-corrected chi connectivity index (χ1v) is 10.9. The van der Waals surface area contributed by atoms with Gasteiger partial charge in [-0.05, 0) is 32.6 Å². The second kappa shape index (κ2) is 7.44. The van der Waals surface area contributed by atoms with Gasteiger partial charge in [-0.25, -0.2) is 4.68 Å². The standard InChI is InChI=1S/C20H29N7O2/c1-13(19(29)26-10-8-25(9-11-26)14-6-7-14)22-20-23-17-16(18(28)24-20)12-21-27(17)15-4-2-3-5-15/h12-15H,2-11H2,1H3,(H2,22,23,24,28)/t13-/m1/s1. The van der Waals surface area contributed by atoms with E-state index in [0.29, 0.717) is 23.0 Å². The van der Waals surface area contributed by atoms with Crippen molar-refractivity contribution in [3.05, 3.63) is 16.6 Å². The molecule has 9 heteroatoms. The number of amides is 1. The summed E-state index contributed by atoms with van der Waals surface area (Å²) in [7, 11) is 0. The lowest BCUT2D eigenvalue weighted by atomic mass is 10.2. The summed E-state index contributed by atoms with van der Waals surface area (Å²) < 4.78 is 1.88. The largest absolute Gasteiger partial charge is 0.344 e. The van der Waals surface area contributed by atoms with E-state index in [1.165, 1.54) is 25.7 Å². The van der Waals surface area contributed by atoms with Gasteiger partial charge in [0.1, 0.15) is 11.4 Å². The number of carbonyl (C=O) groups excluding carboxylic acids is 1. The lowest BCUT2D eigenvalue weighted by Gasteiger charge is -2.36. The monoisotopic (exact) mass is 399 g/mol. The van der Waals surface area contributed by atoms with Gasteiger partial charge in [-0.2, -0.15) is 10.1 Å². The van der Waals surface area contributed by atoms with Crippen LogP contribution in [0.5, 0.6) is 0 Å². The number of H-pyrrole nitrogens is 1. The Morgan fingerprint density at radius 3 is 2.55 bits per heavy atom. The average molecular weight is 399 g/mol. The van der Waals surface area contributed by atoms with Gasteiger partial charge in [0.15, 0.2) is 5.65 Å². The van der Waals surface area contributed by atoms with E-state index >= 15 is 0 Å². The fourth-order valence-corrected chi connectivity index (χ4v) is 4.71. The SMILES string of the molecule is C[C@@H](Nc1nc2c(cnn2C2CCCC2)c(=O)[nH]1)C(=O)N1CCN(C2CC2)CC1. The lowest BCUT2D eigenvalue weighted by molar-refractivity contribution is -0.133. The highest BCUT2D eigenvalue weighted by molar-refractivity contribution is 5.84. The summed E-state index contributed by atoms with van der Waals surface area (Å²) in [5.74, 6) is 0.382. The van der Waals surface area contributed by atoms with Crippen LogP contribution in [0.15, 0.2) is 11.0 Å². The van der Waals surface area contributed by atoms with Crippen LogP contribution in [-0.4, -0.2) is 73.7 Å². The number of piperazine rings is 1. The Bertz CT molecular complexity index is 949. The molecule has 1 saturated heterocycles. The van der Waals surface area contributed by atoms with Gasteiger partial charge in [-0.1, -0.05) is 12.8 Å². The number of rotatable bonds is 5. The first-order chi connectivity index (χ1) is 14.1. The van der Waals surface area contributed by atoms with Gasteiger partial charge in [0, 0.05) is 32.2 Å². The van der Waals surface area contributed by atoms with Crippen LogP contribution < -0.4 is 10.9 Å². The van der Waals surface area contributed by atoms with E-state index in [2.05, 4.69) is 25.3 Å². The summed E-state index contributed by atoms with van der Waals surface area (Å²) in [4.78, 5) is 37.1. The van der Waals surface area contributed by atoms with Gasteiger partial charge in [0.25, 0.3) is 5.56 Å². The number of anilines is 1. The minimum atomic E-state index is -0.453. The van der Waals surface area contributed by atoms with E-state index in [-0.39, 0.29) is 11.5 Å². The number of hydrogen-bond donors (Lipinski definition) is 2. The molecule has 2 saturated carbocycles. The summed E-state index contributed by atoms with van der Waals surface area (Å²) in [6.45, 7) is 5.25. The molecule has 0 bridgehead atoms. The first kappa shape index (κ1) is 18.6. The zero-order valence-corrected chi connectivity index (χ0v) is 16.9. The van der Waals surface area contributed by atoms with Crippen molar-refractivity contribution in [2.24, 2.45) is 0 Å². The Hall–Kier alpha value is -2.42. The summed E-state index contributed by atoms with van der Waals surface area (Å²) in [6.07, 6.45) is 8.68. The first-order valence-electron chi connectivity index (χ1n) is 10.9. The van der Waals surface area contributed by atoms with Crippen LogP contribution in [0.25, 0.3) is 11.0 Å². The molecule has 2 aromatic heterocycles. The Balaban J connectivity index is 1.29. The molecule has 3 fully saturated rings. The van der Waals surface area contributed by atoms with Crippen LogP contribution in [0, 0.1) is 0 Å². The van der Waals surface area contributed by atoms with E-state index < -0.39 is 6.04 Å². The highest BCUT2D eigenvalue weighted by Crippen LogP contribution is 2.30. The summed E-state index contributed by atoms with van der Waals surface area (Å²) >= 11 is 0. The van der Waals surface area contributed by atoms with Crippen LogP contribution in [-0.2, 0) is 4.79 Å². The molecule has 156 valence electrons. The predicted octanol–water partition coefficient (Wildman–Crippen LogP) is 1.34. The van der Waals surface area contributed by atoms with E-state index in [0.717, 1.165) is 45.1 Å². The van der Waals surface area contributed by atoms with Crippen molar-refractivity contribution in [2.45, 2.75) is 63.6 Å². The molecular formula is C20H29N7O2. The van der Waals surface area contributed by atoms with Crippen LogP contribution in [0.1, 0.15) is 51.5 Å². The molecule has 1 aliphatic heterocycles. The van der Waals surface area contributed by atoms with Crippen molar-refractivity contribution in [1.29, 1.82) is 0 Å². The molecule has 1 amide bonds. The summed E-state index contributed by atoms with van der Waals surface area (Å²) in [6, 6.07) is 0.593. The second-order valence-electron chi connectivity index (χ2n) is 8.64. The molecule has 29 heavy (non-hydrogen) atoms. The average Bonchev–Trinajstić information content (AvgIpc) is 3.25. The van der Waals surface area contributed by atoms with E-state index in [9.17, 15) is 9.59 Å². The van der Waals surface area contributed by atoms with E-state index in [1.807, 2.05) is 16.5 Å². The molecule has 2 aromatic rings. The van der Waals surface area contributed by atoms with Gasteiger partial charge in [-0.15, -0.1) is 0 Å². The maximum atomic E-state index is 12.9. The van der Waals surface area contributed by atoms with Crippen LogP contribution in [0.2, 0.25) is 0 Å². The van der Waals surface area contributed by atoms with Gasteiger partial charge in [0.2, 0.25) is 11.9 Å². The van der Waals surface area contributed by atoms with Crippen LogP contribution in [0.3, 0.4) is 0 Å². The topological polar surface area (TPSA) is 99.1 Å². The molecule has 2 aliphatic carbocycles. The number of nitrogens with one attached hydrogen (secondary N) is 2. The van der Waals surface area contributed by atoms with Crippen molar-refractivity contribution >= 4 is 22.9 Å². The molecule has 0 radical (unpaired) electrons. The third-order valence-electron chi connectivity index (χ3n) is 6.55. The fraction of sp³-hybridized carbons (Fsp3) is 0.700. The molecule has 0 unspecified atom stereocenters. The number of carbonyl (C=O) groups is 1. The molecule has 1 atom stereocenters. The Morgan fingerprint density at radius 2 is 1.86 bits per heavy atom. The number of aromatic nitrogens is 4. The lowest BCUT2D eigenvalue weighted by Crippen LogP contribution is -2.52. The van der Waals surface area contributed by atoms with Crippen molar-refractivity contribution < 1.29 is 4.79 Å². The fourth-order valence-electron chi connectivity index (χ4n) is 4.71. The summed E-state index contributed by atoms with van der Waals surface area (Å²) in [5, 5.41) is 8.03. The Labute approximate surface area is 169 Å². The van der Waals surface area contributed by atoms with E-state index in [4.69, 9.17) is 0 Å². The Morgan fingerprint density at radius 1 is 1.14 bits per heavy atom. The number of hydrogen-bond acceptors (Lipinski definition) is 6. The quantitative estimate of drug-likeness (QED) is 0.787. The van der Waals surface area contributed by atoms with Gasteiger partial charge < -0.3 is 10.2 Å². The molecular weight excluding hydrogens is 370 g/mol. The maximum absolute atomic E-state index is 12.9. The van der Waals surface area contributed by atoms with Crippen molar-refractivity contribution in [1.82, 2.24) is 29.5 Å². The normalized spacial score (nSPS) is 22.3. The zero-order valence-electron chi connectivity index (χ0n) is 16.9. The molecule has 3 aliphatic rings. The van der Waals surface area contributed by atoms with Crippen molar-refractivity contribution in [2.75, 3.05) is 31.5 Å². The van der Waals surface area contributed by atoms with Crippen LogP contribution >= 0.6 is 0 Å². The van der Waals surface area contributed by atoms with E-state index in [1.54, 1.807) is 6.20 Å². The highest BCUT2D eigenvalue weighted by atomic mass is 16.2. The molecule has 5 rings (SSSR count). The van der Waals surface area contributed by atoms with Gasteiger partial charge >= 0.3 is 0 Å². The second-order valence-corrected chi connectivity index (χ2v) is 8.64. The predicted molar refractivity (Wildman–Crippen MR) is 110 cm³/mol. The van der Waals surface area contributed by atoms with Gasteiger partial charge in [-0.3, -0.25) is 19.5 Å². The van der Waals surface area contributed by atoms with Crippen LogP contribution in [0.4, 0.5) is 5.95 Å². The third-order valence-corrected chi connectivity index (χ3v) is 6.55. The molecule has 0 spiro atoms. The molecule has 9 nitrogen and oxygen atoms in total. The highest BCUT2D eigenvalue weighted by Gasteiger charge is 2.33. The Kier molecular flexibility index (Phi) is 4.77. The smallest absolute Gasteiger partial charge is 0.263 e. The van der Waals surface area contributed by atoms with Crippen molar-refractivity contribution in [3.63, 3.8) is 0 Å². The van der Waals surface area contributed by atoms with Gasteiger partial charge in [0.05, 0.1) is 12.2 Å². The number of aromatic amines is 1. The number of fused-ring (bicyclic) bond motifs is 1. The minimum Gasteiger partial charge on any atom is -0.344 e. The maximum Gasteiger partial charge on any atom is 0.263 e.